The monoisotopic (exact) mass is 390 g/mol. The van der Waals surface area contributed by atoms with Gasteiger partial charge in [-0.3, -0.25) is 10.1 Å². The van der Waals surface area contributed by atoms with E-state index in [0.717, 1.165) is 27.6 Å². The highest BCUT2D eigenvalue weighted by Crippen LogP contribution is 2.32. The number of hydrogen-bond acceptors (Lipinski definition) is 3. The summed E-state index contributed by atoms with van der Waals surface area (Å²) in [6.45, 7) is 0.0449. The molecular weight excluding hydrogens is 371 g/mol. The Bertz CT molecular complexity index is 1140. The summed E-state index contributed by atoms with van der Waals surface area (Å²) in [5, 5.41) is 12.3. The number of nitrogens with one attached hydrogen (secondary N) is 1. The number of para-hydroxylation sites is 1. The molecule has 0 saturated carbocycles. The van der Waals surface area contributed by atoms with E-state index in [9.17, 15) is 14.5 Å². The van der Waals surface area contributed by atoms with Crippen LogP contribution in [0.25, 0.3) is 10.9 Å². The van der Waals surface area contributed by atoms with Crippen molar-refractivity contribution in [2.24, 2.45) is 0 Å². The topological polar surface area (TPSA) is 68.2 Å². The Balaban J connectivity index is 1.56. The molecule has 0 fully saturated rings. The summed E-state index contributed by atoms with van der Waals surface area (Å²) in [5.74, 6) is -0.0574. The average molecular weight is 390 g/mol. The number of hydrogen-bond donors (Lipinski definition) is 1. The average Bonchev–Trinajstić information content (AvgIpc) is 3.15. The number of nitrogens with zero attached hydrogens (tertiary/aromatic N) is 1. The molecule has 1 aromatic heterocycles. The Hall–Kier alpha value is -3.67. The normalized spacial score (nSPS) is 12.0. The predicted octanol–water partition coefficient (Wildman–Crippen LogP) is 5.29. The smallest absolute Gasteiger partial charge is 0.214 e. The minimum Gasteiger partial charge on any atom is -0.489 e. The predicted molar refractivity (Wildman–Crippen MR) is 109 cm³/mol. The molecule has 3 aromatic carbocycles. The zero-order valence-corrected chi connectivity index (χ0v) is 15.5. The first-order valence-electron chi connectivity index (χ1n) is 9.25. The molecule has 146 valence electrons. The van der Waals surface area contributed by atoms with Gasteiger partial charge in [0.25, 0.3) is 0 Å². The van der Waals surface area contributed by atoms with Crippen molar-refractivity contribution in [2.75, 3.05) is 6.54 Å². The summed E-state index contributed by atoms with van der Waals surface area (Å²) < 4.78 is 19.0. The van der Waals surface area contributed by atoms with Crippen molar-refractivity contribution in [2.45, 2.75) is 12.5 Å². The summed E-state index contributed by atoms with van der Waals surface area (Å²) >= 11 is 0. The molecule has 0 bridgehead atoms. The number of aromatic amines is 1. The lowest BCUT2D eigenvalue weighted by Gasteiger charge is -2.14. The molecular formula is C23H19FN2O3. The number of aromatic nitrogens is 1. The maximum atomic E-state index is 13.3. The van der Waals surface area contributed by atoms with Gasteiger partial charge in [-0.25, -0.2) is 4.39 Å². The van der Waals surface area contributed by atoms with Gasteiger partial charge in [-0.05, 0) is 47.0 Å². The maximum absolute atomic E-state index is 13.3. The quantitative estimate of drug-likeness (QED) is 0.344. The van der Waals surface area contributed by atoms with Crippen molar-refractivity contribution < 1.29 is 14.1 Å². The highest BCUT2D eigenvalue weighted by Gasteiger charge is 2.23. The molecule has 6 heteroatoms. The number of nitro groups is 1. The van der Waals surface area contributed by atoms with Crippen LogP contribution >= 0.6 is 0 Å². The van der Waals surface area contributed by atoms with Crippen LogP contribution in [0.4, 0.5) is 4.39 Å². The summed E-state index contributed by atoms with van der Waals surface area (Å²) in [5.41, 5.74) is 3.42. The first kappa shape index (κ1) is 18.7. The zero-order chi connectivity index (χ0) is 20.2. The molecule has 29 heavy (non-hydrogen) atoms. The summed E-state index contributed by atoms with van der Waals surface area (Å²) in [7, 11) is 0. The van der Waals surface area contributed by atoms with Crippen LogP contribution in [0.2, 0.25) is 0 Å². The van der Waals surface area contributed by atoms with Gasteiger partial charge in [0.1, 0.15) is 18.2 Å². The molecule has 0 spiro atoms. The minimum atomic E-state index is -0.376. The van der Waals surface area contributed by atoms with Gasteiger partial charge in [0, 0.05) is 22.0 Å². The van der Waals surface area contributed by atoms with Crippen LogP contribution in [-0.2, 0) is 6.61 Å². The van der Waals surface area contributed by atoms with Crippen molar-refractivity contribution in [3.63, 3.8) is 0 Å². The van der Waals surface area contributed by atoms with Crippen LogP contribution in [0.15, 0.2) is 79.0 Å². The van der Waals surface area contributed by atoms with E-state index in [1.165, 1.54) is 12.1 Å². The highest BCUT2D eigenvalue weighted by atomic mass is 19.1. The summed E-state index contributed by atoms with van der Waals surface area (Å²) in [6, 6.07) is 21.3. The second kappa shape index (κ2) is 8.14. The van der Waals surface area contributed by atoms with Crippen LogP contribution in [-0.4, -0.2) is 16.5 Å². The molecule has 4 aromatic rings. The molecule has 4 rings (SSSR count). The second-order valence-corrected chi connectivity index (χ2v) is 6.85. The van der Waals surface area contributed by atoms with Crippen LogP contribution in [0.1, 0.15) is 22.6 Å². The van der Waals surface area contributed by atoms with Crippen molar-refractivity contribution in [1.29, 1.82) is 0 Å². The van der Waals surface area contributed by atoms with E-state index < -0.39 is 0 Å². The molecule has 0 amide bonds. The van der Waals surface area contributed by atoms with Gasteiger partial charge in [-0.1, -0.05) is 42.5 Å². The Labute approximate surface area is 166 Å². The third-order valence-corrected chi connectivity index (χ3v) is 4.91. The van der Waals surface area contributed by atoms with Gasteiger partial charge in [0.2, 0.25) is 6.54 Å². The van der Waals surface area contributed by atoms with Crippen molar-refractivity contribution >= 4 is 10.9 Å². The van der Waals surface area contributed by atoms with E-state index in [4.69, 9.17) is 4.74 Å². The van der Waals surface area contributed by atoms with E-state index >= 15 is 0 Å². The first-order chi connectivity index (χ1) is 14.1. The summed E-state index contributed by atoms with van der Waals surface area (Å²) in [4.78, 5) is 14.2. The van der Waals surface area contributed by atoms with E-state index in [1.54, 1.807) is 24.3 Å². The standard InChI is InChI=1S/C23H19FN2O3/c24-18-5-3-4-16(12-18)15-29-19-10-8-17(9-11-19)22(14-26(27)28)21-13-25-23-7-2-1-6-20(21)23/h1-13,22,25H,14-15H2/t22-/m0/s1. The SMILES string of the molecule is O=[N+]([O-])C[C@@H](c1ccc(OCc2cccc(F)c2)cc1)c1c[nH]c2ccccc12. The summed E-state index contributed by atoms with van der Waals surface area (Å²) in [6.07, 6.45) is 1.84. The van der Waals surface area contributed by atoms with Gasteiger partial charge in [-0.15, -0.1) is 0 Å². The first-order valence-corrected chi connectivity index (χ1v) is 9.25. The van der Waals surface area contributed by atoms with Crippen molar-refractivity contribution in [3.05, 3.63) is 112 Å². The van der Waals surface area contributed by atoms with E-state index in [-0.39, 0.29) is 29.8 Å². The number of fused-ring (bicyclic) bond motifs is 1. The van der Waals surface area contributed by atoms with Gasteiger partial charge >= 0.3 is 0 Å². The fraction of sp³-hybridized carbons (Fsp3) is 0.130. The zero-order valence-electron chi connectivity index (χ0n) is 15.5. The number of rotatable bonds is 7. The molecule has 0 saturated heterocycles. The lowest BCUT2D eigenvalue weighted by Crippen LogP contribution is -2.13. The van der Waals surface area contributed by atoms with Crippen molar-refractivity contribution in [3.8, 4) is 5.75 Å². The molecule has 1 heterocycles. The second-order valence-electron chi connectivity index (χ2n) is 6.85. The fourth-order valence-electron chi connectivity index (χ4n) is 3.50. The van der Waals surface area contributed by atoms with Crippen LogP contribution in [0, 0.1) is 15.9 Å². The maximum Gasteiger partial charge on any atom is 0.214 e. The molecule has 1 atom stereocenters. The fourth-order valence-corrected chi connectivity index (χ4v) is 3.50. The molecule has 0 unspecified atom stereocenters. The highest BCUT2D eigenvalue weighted by molar-refractivity contribution is 5.84. The van der Waals surface area contributed by atoms with E-state index in [2.05, 4.69) is 4.98 Å². The van der Waals surface area contributed by atoms with E-state index in [0.29, 0.717) is 5.75 Å². The molecule has 0 aliphatic heterocycles. The Morgan fingerprint density at radius 2 is 1.83 bits per heavy atom. The molecule has 5 nitrogen and oxygen atoms in total. The van der Waals surface area contributed by atoms with Crippen LogP contribution < -0.4 is 4.74 Å². The van der Waals surface area contributed by atoms with Gasteiger partial charge in [-0.2, -0.15) is 0 Å². The van der Waals surface area contributed by atoms with Crippen LogP contribution in [0.5, 0.6) is 5.75 Å². The molecule has 0 aliphatic carbocycles. The minimum absolute atomic E-state index is 0.203. The van der Waals surface area contributed by atoms with Crippen molar-refractivity contribution in [1.82, 2.24) is 4.98 Å². The number of benzene rings is 3. The molecule has 0 radical (unpaired) electrons. The third-order valence-electron chi connectivity index (χ3n) is 4.91. The Kier molecular flexibility index (Phi) is 5.24. The lowest BCUT2D eigenvalue weighted by atomic mass is 9.91. The van der Waals surface area contributed by atoms with Gasteiger partial charge in [0.15, 0.2) is 0 Å². The molecule has 0 aliphatic rings. The van der Waals surface area contributed by atoms with Crippen LogP contribution in [0.3, 0.4) is 0 Å². The Morgan fingerprint density at radius 3 is 2.59 bits per heavy atom. The van der Waals surface area contributed by atoms with Gasteiger partial charge in [0.05, 0.1) is 5.92 Å². The number of H-pyrrole nitrogens is 1. The van der Waals surface area contributed by atoms with Gasteiger partial charge < -0.3 is 9.72 Å². The molecule has 1 N–H and O–H groups in total. The third kappa shape index (κ3) is 4.27. The Morgan fingerprint density at radius 1 is 1.03 bits per heavy atom. The lowest BCUT2D eigenvalue weighted by molar-refractivity contribution is -0.481. The largest absolute Gasteiger partial charge is 0.489 e. The number of ether oxygens (including phenoxy) is 1. The van der Waals surface area contributed by atoms with E-state index in [1.807, 2.05) is 42.6 Å². The number of halogens is 1.